The predicted octanol–water partition coefficient (Wildman–Crippen LogP) is 2.78. The molecule has 0 saturated carbocycles. The van der Waals surface area contributed by atoms with E-state index >= 15 is 0 Å². The quantitative estimate of drug-likeness (QED) is 0.615. The molecule has 7 nitrogen and oxygen atoms in total. The zero-order valence-corrected chi connectivity index (χ0v) is 17.2. The number of para-hydroxylation sites is 1. The van der Waals surface area contributed by atoms with Gasteiger partial charge < -0.3 is 20.0 Å². The van der Waals surface area contributed by atoms with Gasteiger partial charge in [0, 0.05) is 29.9 Å². The molecule has 0 bridgehead atoms. The van der Waals surface area contributed by atoms with Gasteiger partial charge in [0.1, 0.15) is 5.58 Å². The molecule has 0 spiro atoms. The molecule has 0 unspecified atom stereocenters. The summed E-state index contributed by atoms with van der Waals surface area (Å²) in [6, 6.07) is 13.1. The van der Waals surface area contributed by atoms with E-state index in [1.807, 2.05) is 41.8 Å². The largest absolute Gasteiger partial charge is 0.451 e. The molecular formula is C22H23N3O4S. The van der Waals surface area contributed by atoms with Crippen LogP contribution < -0.4 is 10.6 Å². The Morgan fingerprint density at radius 1 is 1.03 bits per heavy atom. The molecule has 1 saturated heterocycles. The van der Waals surface area contributed by atoms with Gasteiger partial charge in [-0.3, -0.25) is 14.4 Å². The number of carbonyl (C=O) groups excluding carboxylic acids is 3. The Morgan fingerprint density at radius 2 is 1.80 bits per heavy atom. The third-order valence-electron chi connectivity index (χ3n) is 5.30. The molecule has 2 aromatic heterocycles. The van der Waals surface area contributed by atoms with Crippen molar-refractivity contribution in [3.05, 3.63) is 58.5 Å². The lowest BCUT2D eigenvalue weighted by molar-refractivity contribution is -0.139. The summed E-state index contributed by atoms with van der Waals surface area (Å²) in [5.41, 5.74) is 0.704. The second-order valence-corrected chi connectivity index (χ2v) is 8.39. The molecule has 4 rings (SSSR count). The predicted molar refractivity (Wildman–Crippen MR) is 114 cm³/mol. The first-order chi connectivity index (χ1) is 14.6. The van der Waals surface area contributed by atoms with Crippen LogP contribution in [0, 0.1) is 5.92 Å². The molecule has 1 aliphatic heterocycles. The lowest BCUT2D eigenvalue weighted by Gasteiger charge is -2.31. The van der Waals surface area contributed by atoms with E-state index < -0.39 is 11.8 Å². The third-order valence-corrected chi connectivity index (χ3v) is 6.18. The molecule has 1 fully saturated rings. The Hall–Kier alpha value is -3.13. The minimum atomic E-state index is -0.624. The fourth-order valence-corrected chi connectivity index (χ4v) is 4.21. The molecule has 156 valence electrons. The van der Waals surface area contributed by atoms with Crippen LogP contribution in [0.2, 0.25) is 0 Å². The molecule has 1 aromatic carbocycles. The second kappa shape index (κ2) is 9.13. The van der Waals surface area contributed by atoms with Gasteiger partial charge in [-0.25, -0.2) is 0 Å². The van der Waals surface area contributed by atoms with Gasteiger partial charge in [0.05, 0.1) is 6.54 Å². The van der Waals surface area contributed by atoms with E-state index in [0.717, 1.165) is 23.1 Å². The van der Waals surface area contributed by atoms with Crippen molar-refractivity contribution in [2.24, 2.45) is 5.92 Å². The Balaban J connectivity index is 1.21. The molecule has 3 heterocycles. The maximum atomic E-state index is 12.7. The summed E-state index contributed by atoms with van der Waals surface area (Å²) in [5, 5.41) is 8.16. The molecular weight excluding hydrogens is 402 g/mol. The fourth-order valence-electron chi connectivity index (χ4n) is 3.56. The average molecular weight is 426 g/mol. The molecule has 0 aliphatic carbocycles. The van der Waals surface area contributed by atoms with Crippen LogP contribution in [0.3, 0.4) is 0 Å². The zero-order chi connectivity index (χ0) is 20.9. The summed E-state index contributed by atoms with van der Waals surface area (Å²) in [4.78, 5) is 39.4. The van der Waals surface area contributed by atoms with Crippen LogP contribution in [0.25, 0.3) is 11.0 Å². The first-order valence-electron chi connectivity index (χ1n) is 9.96. The maximum Gasteiger partial charge on any atom is 0.309 e. The van der Waals surface area contributed by atoms with Crippen LogP contribution in [0.4, 0.5) is 0 Å². The Labute approximate surface area is 178 Å². The monoisotopic (exact) mass is 425 g/mol. The maximum absolute atomic E-state index is 12.7. The van der Waals surface area contributed by atoms with E-state index in [0.29, 0.717) is 37.5 Å². The molecule has 1 aliphatic rings. The minimum Gasteiger partial charge on any atom is -0.451 e. The summed E-state index contributed by atoms with van der Waals surface area (Å²) >= 11 is 1.53. The standard InChI is InChI=1S/C22H23N3O4S/c26-20(21(27)24-14-17-5-3-11-30-17)23-13-15-7-9-25(10-8-15)22(28)19-12-16-4-1-2-6-18(16)29-19/h1-6,11-12,15H,7-10,13-14H2,(H,23,26)(H,24,27). The number of fused-ring (bicyclic) bond motifs is 1. The highest BCUT2D eigenvalue weighted by atomic mass is 32.1. The van der Waals surface area contributed by atoms with Gasteiger partial charge in [0.15, 0.2) is 5.76 Å². The van der Waals surface area contributed by atoms with Crippen LogP contribution in [-0.4, -0.2) is 42.3 Å². The van der Waals surface area contributed by atoms with Crippen LogP contribution in [0.15, 0.2) is 52.3 Å². The first kappa shape index (κ1) is 20.2. The van der Waals surface area contributed by atoms with Crippen molar-refractivity contribution in [1.29, 1.82) is 0 Å². The summed E-state index contributed by atoms with van der Waals surface area (Å²) in [6.07, 6.45) is 1.53. The molecule has 0 atom stereocenters. The number of amides is 3. The van der Waals surface area contributed by atoms with E-state index in [9.17, 15) is 14.4 Å². The van der Waals surface area contributed by atoms with Gasteiger partial charge in [-0.2, -0.15) is 0 Å². The van der Waals surface area contributed by atoms with E-state index in [1.54, 1.807) is 11.0 Å². The lowest BCUT2D eigenvalue weighted by Crippen LogP contribution is -2.44. The van der Waals surface area contributed by atoms with E-state index in [-0.39, 0.29) is 11.8 Å². The van der Waals surface area contributed by atoms with Gasteiger partial charge in [-0.1, -0.05) is 24.3 Å². The van der Waals surface area contributed by atoms with Crippen molar-refractivity contribution in [1.82, 2.24) is 15.5 Å². The number of carbonyl (C=O) groups is 3. The van der Waals surface area contributed by atoms with Crippen molar-refractivity contribution in [3.63, 3.8) is 0 Å². The zero-order valence-electron chi connectivity index (χ0n) is 16.4. The van der Waals surface area contributed by atoms with Crippen molar-refractivity contribution >= 4 is 40.0 Å². The minimum absolute atomic E-state index is 0.110. The van der Waals surface area contributed by atoms with E-state index in [4.69, 9.17) is 4.42 Å². The third kappa shape index (κ3) is 4.71. The average Bonchev–Trinajstić information content (AvgIpc) is 3.45. The van der Waals surface area contributed by atoms with Gasteiger partial charge in [0.2, 0.25) is 0 Å². The molecule has 8 heteroatoms. The molecule has 3 aromatic rings. The van der Waals surface area contributed by atoms with Crippen LogP contribution >= 0.6 is 11.3 Å². The van der Waals surface area contributed by atoms with Gasteiger partial charge in [0.25, 0.3) is 5.91 Å². The van der Waals surface area contributed by atoms with Gasteiger partial charge >= 0.3 is 11.8 Å². The van der Waals surface area contributed by atoms with E-state index in [1.165, 1.54) is 11.3 Å². The Kier molecular flexibility index (Phi) is 6.13. The Bertz CT molecular complexity index is 1000. The highest BCUT2D eigenvalue weighted by Crippen LogP contribution is 2.23. The fraction of sp³-hybridized carbons (Fsp3) is 0.318. The van der Waals surface area contributed by atoms with Crippen molar-refractivity contribution < 1.29 is 18.8 Å². The number of hydrogen-bond acceptors (Lipinski definition) is 5. The number of benzene rings is 1. The van der Waals surface area contributed by atoms with Crippen LogP contribution in [-0.2, 0) is 16.1 Å². The highest BCUT2D eigenvalue weighted by molar-refractivity contribution is 7.09. The normalized spacial score (nSPS) is 14.6. The first-order valence-corrected chi connectivity index (χ1v) is 10.8. The lowest BCUT2D eigenvalue weighted by atomic mass is 9.96. The summed E-state index contributed by atoms with van der Waals surface area (Å²) in [5.74, 6) is -0.765. The van der Waals surface area contributed by atoms with Crippen LogP contribution in [0.5, 0.6) is 0 Å². The van der Waals surface area contributed by atoms with Gasteiger partial charge in [-0.15, -0.1) is 11.3 Å². The van der Waals surface area contributed by atoms with Crippen molar-refractivity contribution in [2.75, 3.05) is 19.6 Å². The molecule has 3 amide bonds. The summed E-state index contributed by atoms with van der Waals surface area (Å²) in [6.45, 7) is 1.98. The van der Waals surface area contributed by atoms with Crippen molar-refractivity contribution in [2.45, 2.75) is 19.4 Å². The molecule has 30 heavy (non-hydrogen) atoms. The number of nitrogens with one attached hydrogen (secondary N) is 2. The van der Waals surface area contributed by atoms with E-state index in [2.05, 4.69) is 10.6 Å². The van der Waals surface area contributed by atoms with Gasteiger partial charge in [-0.05, 0) is 42.3 Å². The Morgan fingerprint density at radius 3 is 2.53 bits per heavy atom. The smallest absolute Gasteiger partial charge is 0.309 e. The van der Waals surface area contributed by atoms with Crippen LogP contribution in [0.1, 0.15) is 28.3 Å². The number of furan rings is 1. The highest BCUT2D eigenvalue weighted by Gasteiger charge is 2.26. The SMILES string of the molecule is O=C(NCc1cccs1)C(=O)NCC1CCN(C(=O)c2cc3ccccc3o2)CC1. The number of nitrogens with zero attached hydrogens (tertiary/aromatic N) is 1. The number of hydrogen-bond donors (Lipinski definition) is 2. The second-order valence-electron chi connectivity index (χ2n) is 7.36. The number of thiophene rings is 1. The topological polar surface area (TPSA) is 91.7 Å². The summed E-state index contributed by atoms with van der Waals surface area (Å²) in [7, 11) is 0. The molecule has 0 radical (unpaired) electrons. The number of piperidine rings is 1. The number of rotatable bonds is 5. The molecule has 2 N–H and O–H groups in total. The summed E-state index contributed by atoms with van der Waals surface area (Å²) < 4.78 is 5.67. The number of likely N-dealkylation sites (tertiary alicyclic amines) is 1. The van der Waals surface area contributed by atoms with Crippen molar-refractivity contribution in [3.8, 4) is 0 Å².